The Morgan fingerprint density at radius 2 is 1.86 bits per heavy atom. The lowest BCUT2D eigenvalue weighted by Gasteiger charge is -2.10. The minimum atomic E-state index is -0.569. The first kappa shape index (κ1) is 20.2. The molecule has 0 aliphatic carbocycles. The second-order valence-electron chi connectivity index (χ2n) is 6.24. The molecule has 0 aliphatic rings. The van der Waals surface area contributed by atoms with Crippen LogP contribution in [0.3, 0.4) is 0 Å². The Morgan fingerprint density at radius 1 is 1.17 bits per heavy atom. The first-order chi connectivity index (χ1) is 13.7. The Kier molecular flexibility index (Phi) is 5.74. The van der Waals surface area contributed by atoms with E-state index in [1.165, 1.54) is 16.8 Å². The van der Waals surface area contributed by atoms with Gasteiger partial charge in [0.15, 0.2) is 6.61 Å². The van der Waals surface area contributed by atoms with E-state index < -0.39 is 10.8 Å². The number of aromatic nitrogens is 4. The molecule has 0 unspecified atom stereocenters. The van der Waals surface area contributed by atoms with Crippen LogP contribution in [0.15, 0.2) is 30.3 Å². The summed E-state index contributed by atoms with van der Waals surface area (Å²) in [5, 5.41) is 17.8. The lowest BCUT2D eigenvalue weighted by atomic mass is 10.3. The first-order valence-corrected chi connectivity index (χ1v) is 8.86. The summed E-state index contributed by atoms with van der Waals surface area (Å²) in [6.07, 6.45) is 0. The Morgan fingerprint density at radius 3 is 2.48 bits per heavy atom. The number of nitro benzene ring substituents is 1. The molecule has 3 aromatic rings. The van der Waals surface area contributed by atoms with Crippen LogP contribution in [0.1, 0.15) is 17.1 Å². The molecule has 0 fully saturated rings. The van der Waals surface area contributed by atoms with Gasteiger partial charge in [-0.2, -0.15) is 9.78 Å². The van der Waals surface area contributed by atoms with Crippen molar-refractivity contribution < 1.29 is 14.5 Å². The van der Waals surface area contributed by atoms with Crippen molar-refractivity contribution >= 4 is 29.0 Å². The van der Waals surface area contributed by atoms with Crippen LogP contribution < -0.4 is 10.1 Å². The normalized spacial score (nSPS) is 10.6. The summed E-state index contributed by atoms with van der Waals surface area (Å²) in [4.78, 5) is 31.2. The van der Waals surface area contributed by atoms with E-state index in [1.807, 2.05) is 19.9 Å². The van der Waals surface area contributed by atoms with Gasteiger partial charge in [-0.25, -0.2) is 9.97 Å². The third-order valence-electron chi connectivity index (χ3n) is 3.74. The quantitative estimate of drug-likeness (QED) is 0.483. The number of ether oxygens (including phenoxy) is 1. The number of aryl methyl sites for hydroxylation is 3. The zero-order chi connectivity index (χ0) is 21.1. The lowest BCUT2D eigenvalue weighted by Crippen LogP contribution is -2.22. The number of halogens is 1. The van der Waals surface area contributed by atoms with E-state index in [9.17, 15) is 14.9 Å². The minimum Gasteiger partial charge on any atom is -0.482 e. The van der Waals surface area contributed by atoms with Crippen LogP contribution >= 0.6 is 11.6 Å². The fraction of sp³-hybridized carbons (Fsp3) is 0.222. The van der Waals surface area contributed by atoms with Gasteiger partial charge in [0.25, 0.3) is 17.5 Å². The molecule has 11 heteroatoms. The van der Waals surface area contributed by atoms with Gasteiger partial charge in [0.05, 0.1) is 15.6 Å². The van der Waals surface area contributed by atoms with E-state index in [0.717, 1.165) is 17.5 Å². The lowest BCUT2D eigenvalue weighted by molar-refractivity contribution is -0.384. The van der Waals surface area contributed by atoms with Crippen LogP contribution in [-0.4, -0.2) is 37.2 Å². The van der Waals surface area contributed by atoms with Gasteiger partial charge in [-0.1, -0.05) is 11.6 Å². The number of hydrogen-bond acceptors (Lipinski definition) is 7. The highest BCUT2D eigenvalue weighted by Crippen LogP contribution is 2.28. The molecular formula is C18H17ClN6O4. The highest BCUT2D eigenvalue weighted by atomic mass is 35.5. The summed E-state index contributed by atoms with van der Waals surface area (Å²) in [7, 11) is 0. The molecule has 0 aliphatic heterocycles. The summed E-state index contributed by atoms with van der Waals surface area (Å²) in [5.74, 6) is 0.417. The number of amides is 1. The molecule has 0 saturated heterocycles. The van der Waals surface area contributed by atoms with Gasteiger partial charge in [0, 0.05) is 29.6 Å². The largest absolute Gasteiger partial charge is 0.482 e. The molecule has 0 spiro atoms. The number of hydrogen-bond donors (Lipinski definition) is 1. The van der Waals surface area contributed by atoms with Crippen molar-refractivity contribution in [2.75, 3.05) is 11.9 Å². The molecule has 1 aromatic carbocycles. The molecule has 1 amide bonds. The van der Waals surface area contributed by atoms with Gasteiger partial charge in [0.1, 0.15) is 11.6 Å². The topological polar surface area (TPSA) is 125 Å². The van der Waals surface area contributed by atoms with Crippen molar-refractivity contribution in [3.05, 3.63) is 62.6 Å². The fourth-order valence-electron chi connectivity index (χ4n) is 2.59. The number of nitro groups is 1. The van der Waals surface area contributed by atoms with Crippen LogP contribution in [0.5, 0.6) is 5.75 Å². The molecule has 10 nitrogen and oxygen atoms in total. The maximum atomic E-state index is 12.3. The molecule has 29 heavy (non-hydrogen) atoms. The van der Waals surface area contributed by atoms with E-state index in [4.69, 9.17) is 16.3 Å². The monoisotopic (exact) mass is 416 g/mol. The first-order valence-electron chi connectivity index (χ1n) is 8.49. The number of carbonyl (C=O) groups excluding carboxylic acids is 1. The summed E-state index contributed by atoms with van der Waals surface area (Å²) in [6.45, 7) is 5.11. The number of anilines is 1. The number of non-ortho nitro benzene ring substituents is 1. The number of nitrogens with zero attached hydrogens (tertiary/aromatic N) is 5. The highest BCUT2D eigenvalue weighted by molar-refractivity contribution is 6.32. The van der Waals surface area contributed by atoms with Crippen LogP contribution in [0.25, 0.3) is 5.95 Å². The standard InChI is InChI=1S/C18H17ClN6O4/c1-10-6-11(2)21-18(20-10)24-16(7-12(3)23-24)22-17(26)9-29-15-5-4-13(25(27)28)8-14(15)19/h4-8H,9H2,1-3H3,(H,22,26). The molecule has 150 valence electrons. The molecule has 0 radical (unpaired) electrons. The number of carbonyl (C=O) groups is 1. The van der Waals surface area contributed by atoms with Crippen molar-refractivity contribution in [2.24, 2.45) is 0 Å². The highest BCUT2D eigenvalue weighted by Gasteiger charge is 2.15. The van der Waals surface area contributed by atoms with Crippen LogP contribution in [0.4, 0.5) is 11.5 Å². The third-order valence-corrected chi connectivity index (χ3v) is 4.04. The van der Waals surface area contributed by atoms with Crippen molar-refractivity contribution in [1.29, 1.82) is 0 Å². The van der Waals surface area contributed by atoms with Gasteiger partial charge in [-0.05, 0) is 32.9 Å². The van der Waals surface area contributed by atoms with Crippen molar-refractivity contribution in [3.63, 3.8) is 0 Å². The van der Waals surface area contributed by atoms with E-state index in [0.29, 0.717) is 17.5 Å². The third kappa shape index (κ3) is 4.85. The van der Waals surface area contributed by atoms with Gasteiger partial charge in [-0.3, -0.25) is 14.9 Å². The average molecular weight is 417 g/mol. The molecule has 0 saturated carbocycles. The summed E-state index contributed by atoms with van der Waals surface area (Å²) in [6, 6.07) is 7.25. The SMILES string of the molecule is Cc1cc(C)nc(-n2nc(C)cc2NC(=O)COc2ccc([N+](=O)[O-])cc2Cl)n1. The summed E-state index contributed by atoms with van der Waals surface area (Å²) >= 11 is 5.96. The van der Waals surface area contributed by atoms with Gasteiger partial charge < -0.3 is 10.1 Å². The number of rotatable bonds is 6. The van der Waals surface area contributed by atoms with Crippen LogP contribution in [-0.2, 0) is 4.79 Å². The molecular weight excluding hydrogens is 400 g/mol. The average Bonchev–Trinajstić information content (AvgIpc) is 3.00. The number of benzene rings is 1. The second kappa shape index (κ2) is 8.23. The maximum Gasteiger partial charge on any atom is 0.271 e. The second-order valence-corrected chi connectivity index (χ2v) is 6.65. The van der Waals surface area contributed by atoms with E-state index in [-0.39, 0.29) is 23.1 Å². The predicted molar refractivity (Wildman–Crippen MR) is 106 cm³/mol. The van der Waals surface area contributed by atoms with E-state index in [1.54, 1.807) is 13.0 Å². The number of nitrogens with one attached hydrogen (secondary N) is 1. The van der Waals surface area contributed by atoms with Gasteiger partial charge >= 0.3 is 0 Å². The smallest absolute Gasteiger partial charge is 0.271 e. The molecule has 0 atom stereocenters. The molecule has 2 aromatic heterocycles. The zero-order valence-electron chi connectivity index (χ0n) is 15.8. The van der Waals surface area contributed by atoms with E-state index in [2.05, 4.69) is 20.4 Å². The molecule has 1 N–H and O–H groups in total. The Bertz CT molecular complexity index is 1080. The maximum absolute atomic E-state index is 12.3. The van der Waals surface area contributed by atoms with Gasteiger partial charge in [0.2, 0.25) is 0 Å². The van der Waals surface area contributed by atoms with Crippen LogP contribution in [0, 0.1) is 30.9 Å². The summed E-state index contributed by atoms with van der Waals surface area (Å²) in [5.41, 5.74) is 2.05. The Hall–Kier alpha value is -3.53. The van der Waals surface area contributed by atoms with Gasteiger partial charge in [-0.15, -0.1) is 0 Å². The molecule has 0 bridgehead atoms. The van der Waals surface area contributed by atoms with Crippen molar-refractivity contribution in [2.45, 2.75) is 20.8 Å². The van der Waals surface area contributed by atoms with Crippen LogP contribution in [0.2, 0.25) is 5.02 Å². The minimum absolute atomic E-state index is 0.0384. The zero-order valence-corrected chi connectivity index (χ0v) is 16.6. The van der Waals surface area contributed by atoms with Crippen molar-refractivity contribution in [1.82, 2.24) is 19.7 Å². The summed E-state index contributed by atoms with van der Waals surface area (Å²) < 4.78 is 6.81. The Labute approximate surface area is 170 Å². The van der Waals surface area contributed by atoms with Crippen molar-refractivity contribution in [3.8, 4) is 11.7 Å². The predicted octanol–water partition coefficient (Wildman–Crippen LogP) is 3.17. The van der Waals surface area contributed by atoms with E-state index >= 15 is 0 Å². The fourth-order valence-corrected chi connectivity index (χ4v) is 2.81. The molecule has 3 rings (SSSR count). The Balaban J connectivity index is 1.72. The molecule has 2 heterocycles.